The lowest BCUT2D eigenvalue weighted by molar-refractivity contribution is -0.870. The summed E-state index contributed by atoms with van der Waals surface area (Å²) in [4.78, 5) is 37.7. The molecule has 10 heteroatoms. The summed E-state index contributed by atoms with van der Waals surface area (Å²) in [7, 11) is 1.18. The third kappa shape index (κ3) is 46.3. The summed E-state index contributed by atoms with van der Waals surface area (Å²) in [6, 6.07) is 0. The van der Waals surface area contributed by atoms with E-state index in [1.165, 1.54) is 167 Å². The Morgan fingerprint density at radius 2 is 0.850 bits per heavy atom. The van der Waals surface area contributed by atoms with Crippen molar-refractivity contribution in [1.29, 1.82) is 0 Å². The topological polar surface area (TPSA) is 111 Å². The van der Waals surface area contributed by atoms with Gasteiger partial charge in [-0.2, -0.15) is 0 Å². The second kappa shape index (κ2) is 43.0. The molecule has 0 radical (unpaired) electrons. The van der Waals surface area contributed by atoms with Crippen LogP contribution in [0.15, 0.2) is 12.2 Å². The van der Waals surface area contributed by atoms with Crippen molar-refractivity contribution in [3.63, 3.8) is 0 Å². The van der Waals surface area contributed by atoms with E-state index in [1.54, 1.807) is 0 Å². The monoisotopic (exact) mass is 872 g/mol. The Bertz CT molecular complexity index is 1030. The Kier molecular flexibility index (Phi) is 42.1. The molecule has 0 aliphatic carbocycles. The molecule has 9 nitrogen and oxygen atoms in total. The number of rotatable bonds is 47. The zero-order chi connectivity index (χ0) is 44.3. The van der Waals surface area contributed by atoms with Crippen LogP contribution in [0.25, 0.3) is 0 Å². The van der Waals surface area contributed by atoms with Gasteiger partial charge in [0.2, 0.25) is 0 Å². The quantitative estimate of drug-likeness (QED) is 0.0195. The van der Waals surface area contributed by atoms with Gasteiger partial charge in [-0.25, -0.2) is 0 Å². The number of likely N-dealkylation sites (N-methyl/N-ethyl adjacent to an activating group) is 1. The molecule has 0 aliphatic heterocycles. The third-order valence-electron chi connectivity index (χ3n) is 11.3. The summed E-state index contributed by atoms with van der Waals surface area (Å²) in [6.07, 6.45) is 46.6. The molecule has 0 fully saturated rings. The summed E-state index contributed by atoms with van der Waals surface area (Å²) in [5.41, 5.74) is 0. The normalized spacial score (nSPS) is 13.5. The molecule has 0 N–H and O–H groups in total. The minimum atomic E-state index is -4.62. The summed E-state index contributed by atoms with van der Waals surface area (Å²) in [6.45, 7) is 4.27. The Hall–Kier alpha value is -1.25. The fraction of sp³-hybridized carbons (Fsp3) is 0.920. The van der Waals surface area contributed by atoms with Gasteiger partial charge in [0.15, 0.2) is 6.10 Å². The largest absolute Gasteiger partial charge is 0.756 e. The minimum absolute atomic E-state index is 0.0283. The molecule has 0 saturated carbocycles. The van der Waals surface area contributed by atoms with E-state index in [9.17, 15) is 19.0 Å². The standard InChI is InChI=1S/C50H98NO8P/c1-6-8-10-12-14-16-18-20-22-24-25-27-28-30-32-34-36-38-40-42-49(52)56-46-48(47-58-60(54,55)57-45-44-51(3,4)5)59-50(53)43-41-39-37-35-33-31-29-26-23-21-19-17-15-13-11-9-7-2/h21,23,48H,6-20,22,24-47H2,1-5H3/b23-21-. The summed E-state index contributed by atoms with van der Waals surface area (Å²) < 4.78 is 34.0. The summed E-state index contributed by atoms with van der Waals surface area (Å²) in [5, 5.41) is 0. The maximum Gasteiger partial charge on any atom is 0.306 e. The highest BCUT2D eigenvalue weighted by atomic mass is 31.2. The first-order valence-electron chi connectivity index (χ1n) is 25.4. The van der Waals surface area contributed by atoms with Crippen LogP contribution in [-0.2, 0) is 32.7 Å². The van der Waals surface area contributed by atoms with Crippen LogP contribution in [0, 0.1) is 0 Å². The maximum atomic E-state index is 12.7. The summed E-state index contributed by atoms with van der Waals surface area (Å²) >= 11 is 0. The maximum absolute atomic E-state index is 12.7. The number of unbranched alkanes of at least 4 members (excludes halogenated alkanes) is 31. The predicted octanol–water partition coefficient (Wildman–Crippen LogP) is 14.3. The van der Waals surface area contributed by atoms with Crippen molar-refractivity contribution >= 4 is 19.8 Å². The van der Waals surface area contributed by atoms with Crippen molar-refractivity contribution in [3.8, 4) is 0 Å². The molecule has 60 heavy (non-hydrogen) atoms. The van der Waals surface area contributed by atoms with Gasteiger partial charge in [0.1, 0.15) is 19.8 Å². The molecule has 0 heterocycles. The molecule has 2 unspecified atom stereocenters. The number of phosphoric ester groups is 1. The van der Waals surface area contributed by atoms with E-state index in [-0.39, 0.29) is 32.0 Å². The fourth-order valence-electron chi connectivity index (χ4n) is 7.30. The average molecular weight is 872 g/mol. The number of allylic oxidation sites excluding steroid dienone is 2. The average Bonchev–Trinajstić information content (AvgIpc) is 3.20. The second-order valence-electron chi connectivity index (χ2n) is 18.5. The molecule has 0 bridgehead atoms. The van der Waals surface area contributed by atoms with Crippen molar-refractivity contribution in [1.82, 2.24) is 0 Å². The molecule has 0 saturated heterocycles. The molecule has 0 spiro atoms. The van der Waals surface area contributed by atoms with Gasteiger partial charge in [-0.15, -0.1) is 0 Å². The Labute approximate surface area is 371 Å². The number of hydrogen-bond donors (Lipinski definition) is 0. The number of hydrogen-bond acceptors (Lipinski definition) is 8. The van der Waals surface area contributed by atoms with Gasteiger partial charge in [0.05, 0.1) is 27.7 Å². The van der Waals surface area contributed by atoms with Crippen LogP contribution in [0.2, 0.25) is 0 Å². The van der Waals surface area contributed by atoms with Crippen LogP contribution in [0.5, 0.6) is 0 Å². The predicted molar refractivity (Wildman–Crippen MR) is 250 cm³/mol. The first-order valence-corrected chi connectivity index (χ1v) is 26.9. The Morgan fingerprint density at radius 3 is 1.23 bits per heavy atom. The lowest BCUT2D eigenvalue weighted by Gasteiger charge is -2.28. The van der Waals surface area contributed by atoms with E-state index in [4.69, 9.17) is 18.5 Å². The van der Waals surface area contributed by atoms with Crippen LogP contribution in [0.1, 0.15) is 245 Å². The Balaban J connectivity index is 4.23. The number of carbonyl (C=O) groups is 2. The van der Waals surface area contributed by atoms with Crippen LogP contribution in [0.4, 0.5) is 0 Å². The van der Waals surface area contributed by atoms with E-state index in [1.807, 2.05) is 21.1 Å². The third-order valence-corrected chi connectivity index (χ3v) is 12.2. The summed E-state index contributed by atoms with van der Waals surface area (Å²) in [5.74, 6) is -0.824. The zero-order valence-corrected chi connectivity index (χ0v) is 41.1. The van der Waals surface area contributed by atoms with Gasteiger partial charge in [-0.3, -0.25) is 14.2 Å². The molecule has 0 aliphatic rings. The van der Waals surface area contributed by atoms with Gasteiger partial charge < -0.3 is 27.9 Å². The number of quaternary nitrogens is 1. The van der Waals surface area contributed by atoms with Gasteiger partial charge in [0, 0.05) is 12.8 Å². The van der Waals surface area contributed by atoms with E-state index < -0.39 is 26.5 Å². The lowest BCUT2D eigenvalue weighted by atomic mass is 10.0. The van der Waals surface area contributed by atoms with Crippen LogP contribution in [0.3, 0.4) is 0 Å². The van der Waals surface area contributed by atoms with E-state index in [0.29, 0.717) is 17.4 Å². The van der Waals surface area contributed by atoms with Gasteiger partial charge in [0.25, 0.3) is 7.82 Å². The van der Waals surface area contributed by atoms with E-state index >= 15 is 0 Å². The van der Waals surface area contributed by atoms with Crippen molar-refractivity contribution in [2.45, 2.75) is 251 Å². The smallest absolute Gasteiger partial charge is 0.306 e. The highest BCUT2D eigenvalue weighted by molar-refractivity contribution is 7.45. The van der Waals surface area contributed by atoms with Crippen LogP contribution >= 0.6 is 7.82 Å². The molecule has 0 rings (SSSR count). The fourth-order valence-corrected chi connectivity index (χ4v) is 8.03. The lowest BCUT2D eigenvalue weighted by Crippen LogP contribution is -2.37. The van der Waals surface area contributed by atoms with Crippen molar-refractivity contribution < 1.29 is 42.1 Å². The first-order chi connectivity index (χ1) is 29.0. The minimum Gasteiger partial charge on any atom is -0.756 e. The van der Waals surface area contributed by atoms with Crippen LogP contribution in [-0.4, -0.2) is 70.0 Å². The number of nitrogens with zero attached hydrogens (tertiary/aromatic N) is 1. The molecule has 0 amide bonds. The molecule has 0 aromatic heterocycles. The Morgan fingerprint density at radius 1 is 0.500 bits per heavy atom. The zero-order valence-electron chi connectivity index (χ0n) is 40.2. The van der Waals surface area contributed by atoms with Crippen molar-refractivity contribution in [3.05, 3.63) is 12.2 Å². The number of carbonyl (C=O) groups excluding carboxylic acids is 2. The molecule has 0 aromatic carbocycles. The molecular weight excluding hydrogens is 774 g/mol. The van der Waals surface area contributed by atoms with Crippen molar-refractivity contribution in [2.75, 3.05) is 47.5 Å². The van der Waals surface area contributed by atoms with Gasteiger partial charge in [-0.1, -0.05) is 206 Å². The SMILES string of the molecule is CCCCCCCC/C=C\CCCCCCCCCC(=O)OC(COC(=O)CCCCCCCCCCCCCCCCCCCCC)COP(=O)([O-])OCC[N+](C)(C)C. The highest BCUT2D eigenvalue weighted by Gasteiger charge is 2.21. The van der Waals surface area contributed by atoms with Crippen molar-refractivity contribution in [2.24, 2.45) is 0 Å². The molecular formula is C50H98NO8P. The number of phosphoric acid groups is 1. The second-order valence-corrected chi connectivity index (χ2v) is 20.0. The molecule has 356 valence electrons. The first kappa shape index (κ1) is 58.8. The van der Waals surface area contributed by atoms with E-state index in [0.717, 1.165) is 44.9 Å². The number of ether oxygens (including phenoxy) is 2. The van der Waals surface area contributed by atoms with Crippen LogP contribution < -0.4 is 4.89 Å². The van der Waals surface area contributed by atoms with E-state index in [2.05, 4.69) is 26.0 Å². The highest BCUT2D eigenvalue weighted by Crippen LogP contribution is 2.38. The molecule has 0 aromatic rings. The van der Waals surface area contributed by atoms with Gasteiger partial charge >= 0.3 is 11.9 Å². The van der Waals surface area contributed by atoms with Gasteiger partial charge in [-0.05, 0) is 38.5 Å². The molecule has 2 atom stereocenters. The number of esters is 2.